The fourth-order valence-electron chi connectivity index (χ4n) is 0.347. The van der Waals surface area contributed by atoms with Gasteiger partial charge in [-0.3, -0.25) is 4.79 Å². The van der Waals surface area contributed by atoms with Gasteiger partial charge in [0.2, 0.25) is 0 Å². The third kappa shape index (κ3) is 11.0. The van der Waals surface area contributed by atoms with Crippen molar-refractivity contribution in [2.75, 3.05) is 12.4 Å². The molecule has 0 aromatic rings. The summed E-state index contributed by atoms with van der Waals surface area (Å²) in [4.78, 5) is 10.3. The molecule has 0 N–H and O–H groups in total. The zero-order valence-electron chi connectivity index (χ0n) is 6.36. The van der Waals surface area contributed by atoms with Crippen LogP contribution in [0.25, 0.3) is 0 Å². The van der Waals surface area contributed by atoms with E-state index in [2.05, 4.69) is 4.74 Å². The first-order chi connectivity index (χ1) is 4.45. The second-order valence-electron chi connectivity index (χ2n) is 1.51. The molecule has 0 heterocycles. The van der Waals surface area contributed by atoms with Crippen LogP contribution in [-0.4, -0.2) is 31.3 Å². The van der Waals surface area contributed by atoms with E-state index in [0.29, 0.717) is 0 Å². The number of carbonyl (C=O) groups excluding carboxylic acids is 1. The van der Waals surface area contributed by atoms with Gasteiger partial charge in [0.25, 0.3) is 0 Å². The Morgan fingerprint density at radius 1 is 1.55 bits per heavy atom. The van der Waals surface area contributed by atoms with Crippen LogP contribution in [0.15, 0.2) is 0 Å². The summed E-state index contributed by atoms with van der Waals surface area (Å²) >= 11 is 0. The van der Waals surface area contributed by atoms with Gasteiger partial charge in [-0.1, -0.05) is 0 Å². The summed E-state index contributed by atoms with van der Waals surface area (Å²) in [5, 5.41) is 0. The monoisotopic (exact) mass is 206 g/mol. The average molecular weight is 206 g/mol. The number of hydrogen-bond acceptors (Lipinski definition) is 5. The Kier molecular flexibility index (Phi) is 8.62. The van der Waals surface area contributed by atoms with Crippen LogP contribution in [-0.2, 0) is 19.6 Å². The van der Waals surface area contributed by atoms with Gasteiger partial charge in [-0.2, -0.15) is 0 Å². The van der Waals surface area contributed by atoms with Crippen molar-refractivity contribution >= 4 is 16.1 Å². The Balaban J connectivity index is 0. The molecule has 7 heteroatoms. The second-order valence-corrected chi connectivity index (χ2v) is 2.91. The summed E-state index contributed by atoms with van der Waals surface area (Å²) in [7, 11) is -4.47. The first-order valence-electron chi connectivity index (χ1n) is 2.55. The van der Waals surface area contributed by atoms with Crippen LogP contribution in [0.4, 0.5) is 0 Å². The standard InChI is InChI=1S/C4H8O5S.K/c1-2-9-4(5)3-10(6,7)8;/h2-3H2,1H3,(H,6,7,8);/q;+1/p-1. The summed E-state index contributed by atoms with van der Waals surface area (Å²) < 4.78 is 33.8. The van der Waals surface area contributed by atoms with Gasteiger partial charge in [-0.05, 0) is 6.92 Å². The summed E-state index contributed by atoms with van der Waals surface area (Å²) in [5.74, 6) is -2.08. The van der Waals surface area contributed by atoms with Gasteiger partial charge in [-0.25, -0.2) is 8.42 Å². The van der Waals surface area contributed by atoms with Crippen LogP contribution in [0.3, 0.4) is 0 Å². The van der Waals surface area contributed by atoms with E-state index in [-0.39, 0.29) is 58.0 Å². The van der Waals surface area contributed by atoms with Gasteiger partial charge < -0.3 is 9.29 Å². The molecule has 0 fully saturated rings. The van der Waals surface area contributed by atoms with E-state index in [1.54, 1.807) is 0 Å². The van der Waals surface area contributed by atoms with Crippen LogP contribution in [0.5, 0.6) is 0 Å². The minimum atomic E-state index is -4.47. The number of rotatable bonds is 3. The zero-order valence-corrected chi connectivity index (χ0v) is 10.3. The molecular weight excluding hydrogens is 199 g/mol. The number of hydrogen-bond donors (Lipinski definition) is 0. The van der Waals surface area contributed by atoms with E-state index in [1.807, 2.05) is 0 Å². The molecule has 0 aromatic heterocycles. The smallest absolute Gasteiger partial charge is 0.748 e. The molecule has 0 unspecified atom stereocenters. The molecule has 0 aromatic carbocycles. The quantitative estimate of drug-likeness (QED) is 0.268. The summed E-state index contributed by atoms with van der Waals surface area (Å²) in [6, 6.07) is 0. The largest absolute Gasteiger partial charge is 1.00 e. The summed E-state index contributed by atoms with van der Waals surface area (Å²) in [6.07, 6.45) is 0. The van der Waals surface area contributed by atoms with Crippen LogP contribution < -0.4 is 51.4 Å². The minimum Gasteiger partial charge on any atom is -0.748 e. The molecule has 5 nitrogen and oxygen atoms in total. The van der Waals surface area contributed by atoms with Gasteiger partial charge in [0.1, 0.15) is 15.9 Å². The molecule has 11 heavy (non-hydrogen) atoms. The van der Waals surface area contributed by atoms with E-state index in [1.165, 1.54) is 6.92 Å². The molecule has 60 valence electrons. The van der Waals surface area contributed by atoms with E-state index >= 15 is 0 Å². The van der Waals surface area contributed by atoms with Crippen molar-refractivity contribution in [2.24, 2.45) is 0 Å². The van der Waals surface area contributed by atoms with Crippen molar-refractivity contribution < 1.29 is 73.9 Å². The van der Waals surface area contributed by atoms with Crippen molar-refractivity contribution in [2.45, 2.75) is 6.92 Å². The predicted molar refractivity (Wildman–Crippen MR) is 31.2 cm³/mol. The molecule has 0 saturated carbocycles. The molecule has 0 aliphatic carbocycles. The maximum Gasteiger partial charge on any atom is 1.00 e. The predicted octanol–water partition coefficient (Wildman–Crippen LogP) is -3.90. The van der Waals surface area contributed by atoms with Gasteiger partial charge in [-0.15, -0.1) is 0 Å². The molecule has 0 bridgehead atoms. The van der Waals surface area contributed by atoms with Crippen molar-refractivity contribution in [3.05, 3.63) is 0 Å². The van der Waals surface area contributed by atoms with E-state index in [4.69, 9.17) is 0 Å². The fourth-order valence-corrected chi connectivity index (χ4v) is 0.719. The molecule has 0 atom stereocenters. The SMILES string of the molecule is CCOC(=O)CS(=O)(=O)[O-].[K+]. The Labute approximate surface area is 108 Å². The third-order valence-corrected chi connectivity index (χ3v) is 1.19. The first-order valence-corrected chi connectivity index (χ1v) is 4.12. The van der Waals surface area contributed by atoms with Gasteiger partial charge in [0.15, 0.2) is 0 Å². The van der Waals surface area contributed by atoms with Crippen LogP contribution in [0.2, 0.25) is 0 Å². The molecule has 0 spiro atoms. The molecular formula is C4H7KO5S. The molecule has 0 aliphatic heterocycles. The Morgan fingerprint density at radius 2 is 2.00 bits per heavy atom. The molecule has 0 amide bonds. The Hall–Kier alpha value is 1.02. The van der Waals surface area contributed by atoms with E-state index in [9.17, 15) is 17.8 Å². The second kappa shape index (κ2) is 6.52. The average Bonchev–Trinajstić information content (AvgIpc) is 1.59. The maximum atomic E-state index is 10.3. The third-order valence-electron chi connectivity index (χ3n) is 0.600. The fraction of sp³-hybridized carbons (Fsp3) is 0.750. The Bertz CT molecular complexity index is 209. The van der Waals surface area contributed by atoms with Crippen molar-refractivity contribution in [1.29, 1.82) is 0 Å². The molecule has 0 rings (SSSR count). The maximum absolute atomic E-state index is 10.3. The molecule has 0 saturated heterocycles. The number of esters is 1. The van der Waals surface area contributed by atoms with Crippen LogP contribution in [0, 0.1) is 0 Å². The van der Waals surface area contributed by atoms with Crippen molar-refractivity contribution in [3.63, 3.8) is 0 Å². The number of ether oxygens (including phenoxy) is 1. The van der Waals surface area contributed by atoms with Crippen molar-refractivity contribution in [1.82, 2.24) is 0 Å². The normalized spacial score (nSPS) is 10.0. The topological polar surface area (TPSA) is 83.5 Å². The first kappa shape index (κ1) is 14.5. The number of carbonyl (C=O) groups is 1. The van der Waals surface area contributed by atoms with Crippen LogP contribution >= 0.6 is 0 Å². The van der Waals surface area contributed by atoms with Gasteiger partial charge in [0.05, 0.1) is 6.61 Å². The molecule has 0 aliphatic rings. The Morgan fingerprint density at radius 3 is 2.27 bits per heavy atom. The van der Waals surface area contributed by atoms with Gasteiger partial charge >= 0.3 is 57.4 Å². The minimum absolute atomic E-state index is 0. The van der Waals surface area contributed by atoms with E-state index in [0.717, 1.165) is 0 Å². The summed E-state index contributed by atoms with van der Waals surface area (Å²) in [5.41, 5.74) is 0. The van der Waals surface area contributed by atoms with Crippen LogP contribution in [0.1, 0.15) is 6.92 Å². The van der Waals surface area contributed by atoms with Crippen molar-refractivity contribution in [3.8, 4) is 0 Å². The van der Waals surface area contributed by atoms with Gasteiger partial charge in [0, 0.05) is 0 Å². The summed E-state index contributed by atoms with van der Waals surface area (Å²) in [6.45, 7) is 1.60. The van der Waals surface area contributed by atoms with E-state index < -0.39 is 21.8 Å². The zero-order chi connectivity index (χ0) is 8.20. The molecule has 0 radical (unpaired) electrons.